The number of benzene rings is 2. The van der Waals surface area contributed by atoms with Crippen LogP contribution in [0.1, 0.15) is 85.7 Å². The molecule has 2 aliphatic carbocycles. The van der Waals surface area contributed by atoms with Gasteiger partial charge in [-0.2, -0.15) is 0 Å². The predicted molar refractivity (Wildman–Crippen MR) is 186 cm³/mol. The van der Waals surface area contributed by atoms with Gasteiger partial charge >= 0.3 is 0 Å². The standard InChI is InChI=1S/C38H46N4O6S/c1-23(2)49(45,46)40-34(43)25-9-11-28-31(13-25)42-20-38(35(44)41-18-36-16-39-17-37(36,19-41)22-48-21-36)15-30(38)29-14-26(47-3)10-12-27(29)33(42)32(28)24-7-5-4-6-8-24/h9-14,23-24,30,39H,4-8,15-22H2,1-3H3,(H,40,43)/t30-,36?,37?,38?/m0/s1. The van der Waals surface area contributed by atoms with Crippen molar-refractivity contribution in [2.45, 2.75) is 76.0 Å². The molecule has 5 heterocycles. The zero-order valence-corrected chi connectivity index (χ0v) is 29.5. The second-order valence-corrected chi connectivity index (χ2v) is 18.4. The van der Waals surface area contributed by atoms with Gasteiger partial charge in [-0.3, -0.25) is 9.59 Å². The van der Waals surface area contributed by atoms with E-state index in [9.17, 15) is 13.2 Å². The molecule has 9 rings (SSSR count). The summed E-state index contributed by atoms with van der Waals surface area (Å²) in [6.45, 7) is 8.17. The van der Waals surface area contributed by atoms with Crippen LogP contribution in [-0.4, -0.2) is 81.5 Å². The van der Waals surface area contributed by atoms with E-state index in [1.807, 2.05) is 18.2 Å². The molecule has 0 bridgehead atoms. The number of nitrogens with zero attached hydrogens (tertiary/aromatic N) is 2. The summed E-state index contributed by atoms with van der Waals surface area (Å²) >= 11 is 0. The van der Waals surface area contributed by atoms with Gasteiger partial charge in [0.25, 0.3) is 5.91 Å². The fourth-order valence-electron chi connectivity index (χ4n) is 10.3. The number of carbonyl (C=O) groups excluding carboxylic acids is 2. The first kappa shape index (κ1) is 31.6. The lowest BCUT2D eigenvalue weighted by atomic mass is 9.71. The largest absolute Gasteiger partial charge is 0.497 e. The zero-order valence-electron chi connectivity index (χ0n) is 28.6. The normalized spacial score (nSPS) is 30.4. The highest BCUT2D eigenvalue weighted by Crippen LogP contribution is 2.67. The molecule has 2 saturated carbocycles. The monoisotopic (exact) mass is 686 g/mol. The van der Waals surface area contributed by atoms with E-state index in [0.29, 0.717) is 44.3 Å². The van der Waals surface area contributed by atoms with E-state index in [-0.39, 0.29) is 22.7 Å². The summed E-state index contributed by atoms with van der Waals surface area (Å²) in [4.78, 5) is 30.7. The maximum atomic E-state index is 15.1. The number of fused-ring (bicyclic) bond motifs is 7. The molecule has 2 amide bonds. The highest BCUT2D eigenvalue weighted by Gasteiger charge is 2.69. The number of likely N-dealkylation sites (tertiary alicyclic amines) is 1. The average molecular weight is 687 g/mol. The van der Waals surface area contributed by atoms with Crippen molar-refractivity contribution in [1.82, 2.24) is 19.5 Å². The van der Waals surface area contributed by atoms with Crippen LogP contribution in [0.3, 0.4) is 0 Å². The number of nitrogens with one attached hydrogen (secondary N) is 2. The Morgan fingerprint density at radius 1 is 1.00 bits per heavy atom. The van der Waals surface area contributed by atoms with Crippen LogP contribution in [0.2, 0.25) is 0 Å². The van der Waals surface area contributed by atoms with Crippen molar-refractivity contribution < 1.29 is 27.5 Å². The van der Waals surface area contributed by atoms with Crippen LogP contribution in [-0.2, 0) is 26.1 Å². The average Bonchev–Trinajstić information content (AvgIpc) is 3.25. The van der Waals surface area contributed by atoms with Crippen molar-refractivity contribution >= 4 is 32.7 Å². The summed E-state index contributed by atoms with van der Waals surface area (Å²) in [7, 11) is -2.12. The third kappa shape index (κ3) is 4.47. The van der Waals surface area contributed by atoms with Gasteiger partial charge in [0.15, 0.2) is 0 Å². The SMILES string of the molecule is COc1ccc2c(c1)[C@@H]1CC1(C(=O)N1CC34CNCC3(COC4)C1)Cn1c-2c(C2CCCCC2)c2ccc(C(=O)NS(=O)(=O)C(C)C)cc21. The maximum absolute atomic E-state index is 15.1. The number of aromatic nitrogens is 1. The molecular weight excluding hydrogens is 641 g/mol. The minimum atomic E-state index is -3.81. The van der Waals surface area contributed by atoms with E-state index in [1.54, 1.807) is 27.0 Å². The highest BCUT2D eigenvalue weighted by molar-refractivity contribution is 7.90. The topological polar surface area (TPSA) is 119 Å². The molecule has 3 unspecified atom stereocenters. The molecule has 3 aromatic rings. The number of carbonyl (C=O) groups is 2. The molecule has 4 aliphatic heterocycles. The number of sulfonamides is 1. The highest BCUT2D eigenvalue weighted by atomic mass is 32.2. The first-order valence-electron chi connectivity index (χ1n) is 18.0. The lowest BCUT2D eigenvalue weighted by Crippen LogP contribution is -2.42. The second kappa shape index (κ2) is 10.8. The van der Waals surface area contributed by atoms with E-state index in [1.165, 1.54) is 24.8 Å². The third-order valence-electron chi connectivity index (χ3n) is 13.1. The lowest BCUT2D eigenvalue weighted by Gasteiger charge is -2.28. The van der Waals surface area contributed by atoms with Crippen molar-refractivity contribution in [2.24, 2.45) is 16.2 Å². The third-order valence-corrected chi connectivity index (χ3v) is 14.9. The summed E-state index contributed by atoms with van der Waals surface area (Å²) in [5.41, 5.74) is 5.20. The Morgan fingerprint density at radius 2 is 1.73 bits per heavy atom. The van der Waals surface area contributed by atoms with E-state index < -0.39 is 26.6 Å². The molecule has 4 atom stereocenters. The molecule has 260 valence electrons. The van der Waals surface area contributed by atoms with Crippen molar-refractivity contribution in [1.29, 1.82) is 0 Å². The summed E-state index contributed by atoms with van der Waals surface area (Å²) in [6.07, 6.45) is 6.50. The van der Waals surface area contributed by atoms with Crippen LogP contribution >= 0.6 is 0 Å². The molecule has 3 saturated heterocycles. The minimum Gasteiger partial charge on any atom is -0.497 e. The van der Waals surface area contributed by atoms with Gasteiger partial charge in [0.05, 0.1) is 36.7 Å². The Labute approximate surface area is 287 Å². The number of hydrogen-bond donors (Lipinski definition) is 2. The summed E-state index contributed by atoms with van der Waals surface area (Å²) in [5.74, 6) is 0.766. The van der Waals surface area contributed by atoms with E-state index in [4.69, 9.17) is 9.47 Å². The fourth-order valence-corrected chi connectivity index (χ4v) is 10.9. The van der Waals surface area contributed by atoms with Gasteiger partial charge in [-0.15, -0.1) is 0 Å². The van der Waals surface area contributed by atoms with Crippen LogP contribution in [0.15, 0.2) is 36.4 Å². The molecule has 0 spiro atoms. The number of methoxy groups -OCH3 is 1. The molecule has 11 heteroatoms. The van der Waals surface area contributed by atoms with E-state index in [2.05, 4.69) is 31.6 Å². The fraction of sp³-hybridized carbons (Fsp3) is 0.579. The Hall–Kier alpha value is -3.41. The number of rotatable bonds is 6. The summed E-state index contributed by atoms with van der Waals surface area (Å²) in [5, 5.41) is 3.94. The van der Waals surface area contributed by atoms with Gasteiger partial charge in [0, 0.05) is 71.5 Å². The number of hydrogen-bond acceptors (Lipinski definition) is 7. The first-order valence-corrected chi connectivity index (χ1v) is 19.5. The zero-order chi connectivity index (χ0) is 33.9. The number of ether oxygens (including phenoxy) is 2. The second-order valence-electron chi connectivity index (χ2n) is 16.1. The van der Waals surface area contributed by atoms with E-state index in [0.717, 1.165) is 65.8 Å². The van der Waals surface area contributed by atoms with Gasteiger partial charge in [-0.1, -0.05) is 25.3 Å². The van der Waals surface area contributed by atoms with Crippen molar-refractivity contribution in [3.05, 3.63) is 53.1 Å². The Balaban J connectivity index is 1.21. The lowest BCUT2D eigenvalue weighted by molar-refractivity contribution is -0.137. The smallest absolute Gasteiger partial charge is 0.264 e. The van der Waals surface area contributed by atoms with Gasteiger partial charge in [0.2, 0.25) is 15.9 Å². The molecule has 1 aromatic heterocycles. The Morgan fingerprint density at radius 3 is 2.43 bits per heavy atom. The minimum absolute atomic E-state index is 0.0341. The molecule has 10 nitrogen and oxygen atoms in total. The van der Waals surface area contributed by atoms with Gasteiger partial charge in [-0.05, 0) is 80.5 Å². The van der Waals surface area contributed by atoms with Gasteiger partial charge < -0.3 is 24.3 Å². The maximum Gasteiger partial charge on any atom is 0.264 e. The van der Waals surface area contributed by atoms with E-state index >= 15 is 4.79 Å². The van der Waals surface area contributed by atoms with Crippen molar-refractivity contribution in [3.63, 3.8) is 0 Å². The first-order chi connectivity index (χ1) is 23.5. The molecule has 6 aliphatic rings. The quantitative estimate of drug-likeness (QED) is 0.384. The van der Waals surface area contributed by atoms with Crippen LogP contribution in [0.25, 0.3) is 22.2 Å². The molecule has 5 fully saturated rings. The van der Waals surface area contributed by atoms with Crippen molar-refractivity contribution in [2.75, 3.05) is 46.5 Å². The predicted octanol–water partition coefficient (Wildman–Crippen LogP) is 4.77. The van der Waals surface area contributed by atoms with Gasteiger partial charge in [-0.25, -0.2) is 13.1 Å². The molecule has 49 heavy (non-hydrogen) atoms. The van der Waals surface area contributed by atoms with Crippen LogP contribution < -0.4 is 14.8 Å². The summed E-state index contributed by atoms with van der Waals surface area (Å²) in [6, 6.07) is 11.9. The van der Waals surface area contributed by atoms with Crippen molar-refractivity contribution in [3.8, 4) is 17.0 Å². The van der Waals surface area contributed by atoms with Crippen LogP contribution in [0.4, 0.5) is 0 Å². The number of amides is 2. The molecule has 2 N–H and O–H groups in total. The molecular formula is C38H46N4O6S. The Kier molecular flexibility index (Phi) is 6.95. The molecule has 2 aromatic carbocycles. The van der Waals surface area contributed by atoms with Crippen LogP contribution in [0, 0.1) is 16.2 Å². The summed E-state index contributed by atoms with van der Waals surface area (Å²) < 4.78 is 41.8. The molecule has 0 radical (unpaired) electrons. The van der Waals surface area contributed by atoms with Crippen LogP contribution in [0.5, 0.6) is 5.75 Å². The Bertz CT molecular complexity index is 1980. The van der Waals surface area contributed by atoms with Gasteiger partial charge in [0.1, 0.15) is 5.75 Å².